The zero-order chi connectivity index (χ0) is 14.1. The summed E-state index contributed by atoms with van der Waals surface area (Å²) in [6.45, 7) is 4.99. The van der Waals surface area contributed by atoms with Crippen molar-refractivity contribution in [1.29, 1.82) is 0 Å². The first kappa shape index (κ1) is 12.7. The number of nitrogens with zero attached hydrogens (tertiary/aromatic N) is 2. The molecule has 0 radical (unpaired) electrons. The van der Waals surface area contributed by atoms with Gasteiger partial charge in [-0.25, -0.2) is 4.98 Å². The van der Waals surface area contributed by atoms with Crippen molar-refractivity contribution in [3.05, 3.63) is 59.2 Å². The SMILES string of the molecule is CCc1ccc(Cn2c(N)nc3cc(C)ccc32)cc1. The molecule has 1 aromatic heterocycles. The molecule has 3 aromatic rings. The van der Waals surface area contributed by atoms with Crippen LogP contribution in [-0.2, 0) is 13.0 Å². The van der Waals surface area contributed by atoms with Gasteiger partial charge in [-0.1, -0.05) is 37.3 Å². The summed E-state index contributed by atoms with van der Waals surface area (Å²) in [5.74, 6) is 0.574. The quantitative estimate of drug-likeness (QED) is 0.787. The molecule has 0 unspecified atom stereocenters. The van der Waals surface area contributed by atoms with Crippen LogP contribution in [0.1, 0.15) is 23.6 Å². The first-order valence-corrected chi connectivity index (χ1v) is 6.97. The molecule has 0 amide bonds. The lowest BCUT2D eigenvalue weighted by molar-refractivity contribution is 0.837. The van der Waals surface area contributed by atoms with Gasteiger partial charge in [-0.3, -0.25) is 0 Å². The van der Waals surface area contributed by atoms with E-state index < -0.39 is 0 Å². The number of hydrogen-bond acceptors (Lipinski definition) is 2. The summed E-state index contributed by atoms with van der Waals surface area (Å²) >= 11 is 0. The van der Waals surface area contributed by atoms with Gasteiger partial charge in [0.2, 0.25) is 5.95 Å². The topological polar surface area (TPSA) is 43.8 Å². The molecule has 0 bridgehead atoms. The van der Waals surface area contributed by atoms with E-state index in [4.69, 9.17) is 5.73 Å². The Labute approximate surface area is 119 Å². The molecule has 0 fully saturated rings. The molecule has 20 heavy (non-hydrogen) atoms. The summed E-state index contributed by atoms with van der Waals surface area (Å²) in [7, 11) is 0. The molecule has 102 valence electrons. The van der Waals surface area contributed by atoms with E-state index in [1.54, 1.807) is 0 Å². The van der Waals surface area contributed by atoms with Gasteiger partial charge in [-0.15, -0.1) is 0 Å². The maximum atomic E-state index is 6.06. The van der Waals surface area contributed by atoms with Crippen molar-refractivity contribution < 1.29 is 0 Å². The minimum absolute atomic E-state index is 0.574. The minimum atomic E-state index is 0.574. The van der Waals surface area contributed by atoms with Crippen LogP contribution in [0, 0.1) is 6.92 Å². The zero-order valence-electron chi connectivity index (χ0n) is 11.9. The Balaban J connectivity index is 1.99. The van der Waals surface area contributed by atoms with E-state index in [0.717, 1.165) is 24.0 Å². The summed E-state index contributed by atoms with van der Waals surface area (Å²) in [6, 6.07) is 14.9. The summed E-state index contributed by atoms with van der Waals surface area (Å²) in [4.78, 5) is 4.44. The lowest BCUT2D eigenvalue weighted by Crippen LogP contribution is -2.04. The van der Waals surface area contributed by atoms with E-state index >= 15 is 0 Å². The lowest BCUT2D eigenvalue weighted by Gasteiger charge is -2.07. The molecule has 0 aliphatic carbocycles. The van der Waals surface area contributed by atoms with Gasteiger partial charge in [0.1, 0.15) is 0 Å². The number of benzene rings is 2. The molecule has 0 atom stereocenters. The molecule has 1 heterocycles. The van der Waals surface area contributed by atoms with E-state index in [1.165, 1.54) is 16.7 Å². The van der Waals surface area contributed by atoms with Crippen molar-refractivity contribution in [2.24, 2.45) is 0 Å². The highest BCUT2D eigenvalue weighted by Crippen LogP contribution is 2.20. The fourth-order valence-corrected chi connectivity index (χ4v) is 2.49. The van der Waals surface area contributed by atoms with Gasteiger partial charge in [0.15, 0.2) is 0 Å². The summed E-state index contributed by atoms with van der Waals surface area (Å²) in [5.41, 5.74) is 11.9. The van der Waals surface area contributed by atoms with Crippen LogP contribution in [0.4, 0.5) is 5.95 Å². The van der Waals surface area contributed by atoms with Crippen molar-refractivity contribution in [2.75, 3.05) is 5.73 Å². The largest absolute Gasteiger partial charge is 0.369 e. The maximum absolute atomic E-state index is 6.06. The second kappa shape index (κ2) is 5.00. The summed E-state index contributed by atoms with van der Waals surface area (Å²) in [5, 5.41) is 0. The average Bonchev–Trinajstić information content (AvgIpc) is 2.75. The van der Waals surface area contributed by atoms with E-state index in [9.17, 15) is 0 Å². The standard InChI is InChI=1S/C17H19N3/c1-3-13-5-7-14(8-6-13)11-20-16-9-4-12(2)10-15(16)19-17(20)18/h4-10H,3,11H2,1-2H3,(H2,18,19). The molecular weight excluding hydrogens is 246 g/mol. The van der Waals surface area contributed by atoms with Gasteiger partial charge >= 0.3 is 0 Å². The predicted octanol–water partition coefficient (Wildman–Crippen LogP) is 3.54. The Morgan fingerprint density at radius 1 is 1.05 bits per heavy atom. The monoisotopic (exact) mass is 265 g/mol. The Hall–Kier alpha value is -2.29. The summed E-state index contributed by atoms with van der Waals surface area (Å²) in [6.07, 6.45) is 1.07. The molecule has 2 N–H and O–H groups in total. The Bertz CT molecular complexity index is 739. The fraction of sp³-hybridized carbons (Fsp3) is 0.235. The summed E-state index contributed by atoms with van der Waals surface area (Å²) < 4.78 is 2.07. The molecule has 0 saturated carbocycles. The van der Waals surface area contributed by atoms with Crippen LogP contribution < -0.4 is 5.73 Å². The Morgan fingerprint density at radius 3 is 2.45 bits per heavy atom. The number of nitrogen functional groups attached to an aromatic ring is 1. The van der Waals surface area contributed by atoms with Crippen molar-refractivity contribution in [2.45, 2.75) is 26.8 Å². The number of aromatic nitrogens is 2. The minimum Gasteiger partial charge on any atom is -0.369 e. The molecule has 0 aliphatic rings. The highest BCUT2D eigenvalue weighted by molar-refractivity contribution is 5.79. The van der Waals surface area contributed by atoms with Crippen molar-refractivity contribution in [3.8, 4) is 0 Å². The molecule has 3 heteroatoms. The van der Waals surface area contributed by atoms with Gasteiger partial charge in [-0.05, 0) is 42.2 Å². The normalized spacial score (nSPS) is 11.1. The van der Waals surface area contributed by atoms with Crippen molar-refractivity contribution >= 4 is 17.0 Å². The van der Waals surface area contributed by atoms with Crippen LogP contribution in [0.15, 0.2) is 42.5 Å². The molecule has 0 spiro atoms. The number of fused-ring (bicyclic) bond motifs is 1. The van der Waals surface area contributed by atoms with Crippen LogP contribution in [0.5, 0.6) is 0 Å². The fourth-order valence-electron chi connectivity index (χ4n) is 2.49. The Morgan fingerprint density at radius 2 is 1.75 bits per heavy atom. The molecule has 2 aromatic carbocycles. The number of imidazole rings is 1. The third-order valence-electron chi connectivity index (χ3n) is 3.71. The average molecular weight is 265 g/mol. The van der Waals surface area contributed by atoms with Gasteiger partial charge in [0.25, 0.3) is 0 Å². The van der Waals surface area contributed by atoms with E-state index in [-0.39, 0.29) is 0 Å². The number of rotatable bonds is 3. The molecule has 0 aliphatic heterocycles. The maximum Gasteiger partial charge on any atom is 0.201 e. The molecular formula is C17H19N3. The van der Waals surface area contributed by atoms with E-state index in [2.05, 4.69) is 65.9 Å². The number of aryl methyl sites for hydroxylation is 2. The number of anilines is 1. The number of nitrogens with two attached hydrogens (primary N) is 1. The van der Waals surface area contributed by atoms with Gasteiger partial charge < -0.3 is 10.3 Å². The predicted molar refractivity (Wildman–Crippen MR) is 83.8 cm³/mol. The van der Waals surface area contributed by atoms with E-state index in [0.29, 0.717) is 5.95 Å². The van der Waals surface area contributed by atoms with Gasteiger partial charge in [0, 0.05) is 0 Å². The molecule has 0 saturated heterocycles. The van der Waals surface area contributed by atoms with Crippen LogP contribution in [0.2, 0.25) is 0 Å². The van der Waals surface area contributed by atoms with Crippen LogP contribution in [0.25, 0.3) is 11.0 Å². The smallest absolute Gasteiger partial charge is 0.201 e. The van der Waals surface area contributed by atoms with Crippen LogP contribution in [0.3, 0.4) is 0 Å². The van der Waals surface area contributed by atoms with Gasteiger partial charge in [-0.2, -0.15) is 0 Å². The number of hydrogen-bond donors (Lipinski definition) is 1. The highest BCUT2D eigenvalue weighted by atomic mass is 15.1. The lowest BCUT2D eigenvalue weighted by atomic mass is 10.1. The Kier molecular flexibility index (Phi) is 3.18. The third-order valence-corrected chi connectivity index (χ3v) is 3.71. The first-order valence-electron chi connectivity index (χ1n) is 6.97. The highest BCUT2D eigenvalue weighted by Gasteiger charge is 2.08. The van der Waals surface area contributed by atoms with Crippen molar-refractivity contribution in [1.82, 2.24) is 9.55 Å². The second-order valence-corrected chi connectivity index (χ2v) is 5.22. The zero-order valence-corrected chi connectivity index (χ0v) is 11.9. The van der Waals surface area contributed by atoms with Crippen LogP contribution >= 0.6 is 0 Å². The molecule has 3 rings (SSSR count). The van der Waals surface area contributed by atoms with Crippen molar-refractivity contribution in [3.63, 3.8) is 0 Å². The van der Waals surface area contributed by atoms with Gasteiger partial charge in [0.05, 0.1) is 17.6 Å². The van der Waals surface area contributed by atoms with Crippen LogP contribution in [-0.4, -0.2) is 9.55 Å². The first-order chi connectivity index (χ1) is 9.67. The molecule has 3 nitrogen and oxygen atoms in total. The van der Waals surface area contributed by atoms with E-state index in [1.807, 2.05) is 0 Å². The third kappa shape index (κ3) is 2.27. The second-order valence-electron chi connectivity index (χ2n) is 5.22.